The Kier molecular flexibility index (Phi) is 4.98. The lowest BCUT2D eigenvalue weighted by Gasteiger charge is -1.97. The number of hydrogen-bond donors (Lipinski definition) is 2. The Bertz CT molecular complexity index is 139. The molecule has 0 spiro atoms. The molecule has 0 radical (unpaired) electrons. The molecule has 0 aliphatic carbocycles. The van der Waals surface area contributed by atoms with E-state index in [1.807, 2.05) is 13.8 Å². The zero-order chi connectivity index (χ0) is 7.98. The van der Waals surface area contributed by atoms with Crippen LogP contribution in [0.5, 0.6) is 0 Å². The molecule has 0 saturated carbocycles. The highest BCUT2D eigenvalue weighted by molar-refractivity contribution is 6.51. The molecule has 0 rings (SSSR count). The Morgan fingerprint density at radius 1 is 1.50 bits per heavy atom. The van der Waals surface area contributed by atoms with Gasteiger partial charge in [0.05, 0.1) is 0 Å². The van der Waals surface area contributed by atoms with Gasteiger partial charge in [0.1, 0.15) is 0 Å². The Morgan fingerprint density at radius 2 is 2.10 bits per heavy atom. The van der Waals surface area contributed by atoms with Gasteiger partial charge in [0.15, 0.2) is 0 Å². The van der Waals surface area contributed by atoms with Gasteiger partial charge in [-0.05, 0) is 18.8 Å². The Labute approximate surface area is 62.0 Å². The normalized spacial score (nSPS) is 12.6. The fourth-order valence-corrected chi connectivity index (χ4v) is 0.688. The molecule has 2 N–H and O–H groups in total. The highest BCUT2D eigenvalue weighted by atomic mass is 16.4. The molecule has 0 atom stereocenters. The third kappa shape index (κ3) is 3.48. The summed E-state index contributed by atoms with van der Waals surface area (Å²) in [6.45, 7) is 3.79. The molecule has 0 bridgehead atoms. The van der Waals surface area contributed by atoms with Crippen molar-refractivity contribution in [1.82, 2.24) is 0 Å². The molecule has 2 nitrogen and oxygen atoms in total. The highest BCUT2D eigenvalue weighted by Crippen LogP contribution is 1.99. The first kappa shape index (κ1) is 9.46. The van der Waals surface area contributed by atoms with Crippen LogP contribution in [0.2, 0.25) is 0 Å². The molecular formula is C7H13BO2. The van der Waals surface area contributed by atoms with Crippen LogP contribution in [0, 0.1) is 0 Å². The van der Waals surface area contributed by atoms with Crippen LogP contribution in [-0.4, -0.2) is 17.2 Å². The summed E-state index contributed by atoms with van der Waals surface area (Å²) in [4.78, 5) is 0. The van der Waals surface area contributed by atoms with Gasteiger partial charge >= 0.3 is 7.12 Å². The Morgan fingerprint density at radius 3 is 2.40 bits per heavy atom. The molecule has 0 amide bonds. The lowest BCUT2D eigenvalue weighted by atomic mass is 9.78. The molecule has 0 fully saturated rings. The standard InChI is InChI=1S/C7H13BO2/c1-3-5-7(6-4-2)8(9)10/h3,5-6,9-10H,4H2,1-2H3/b5-3-,7-6+. The van der Waals surface area contributed by atoms with Gasteiger partial charge in [0, 0.05) is 0 Å². The van der Waals surface area contributed by atoms with Crippen molar-refractivity contribution in [2.24, 2.45) is 0 Å². The van der Waals surface area contributed by atoms with Crippen molar-refractivity contribution in [2.45, 2.75) is 20.3 Å². The average Bonchev–Trinajstić information content (AvgIpc) is 1.87. The van der Waals surface area contributed by atoms with E-state index in [4.69, 9.17) is 10.0 Å². The maximum absolute atomic E-state index is 8.71. The predicted molar refractivity (Wildman–Crippen MR) is 43.4 cm³/mol. The van der Waals surface area contributed by atoms with Gasteiger partial charge in [0.2, 0.25) is 0 Å². The van der Waals surface area contributed by atoms with Crippen molar-refractivity contribution in [1.29, 1.82) is 0 Å². The maximum Gasteiger partial charge on any atom is 0.488 e. The molecule has 56 valence electrons. The van der Waals surface area contributed by atoms with Crippen molar-refractivity contribution in [3.05, 3.63) is 23.7 Å². The Balaban J connectivity index is 4.11. The van der Waals surface area contributed by atoms with Crippen LogP contribution >= 0.6 is 0 Å². The quantitative estimate of drug-likeness (QED) is 0.451. The molecule has 0 aromatic carbocycles. The zero-order valence-electron chi connectivity index (χ0n) is 6.41. The van der Waals surface area contributed by atoms with Gasteiger partial charge in [-0.3, -0.25) is 0 Å². The molecule has 3 heteroatoms. The molecule has 0 unspecified atom stereocenters. The number of rotatable bonds is 3. The summed E-state index contributed by atoms with van der Waals surface area (Å²) >= 11 is 0. The second-order valence-corrected chi connectivity index (χ2v) is 1.99. The van der Waals surface area contributed by atoms with Crippen molar-refractivity contribution in [3.8, 4) is 0 Å². The van der Waals surface area contributed by atoms with Gasteiger partial charge in [-0.15, -0.1) is 0 Å². The minimum absolute atomic E-state index is 0.560. The van der Waals surface area contributed by atoms with Crippen LogP contribution < -0.4 is 0 Å². The van der Waals surface area contributed by atoms with Crippen LogP contribution in [0.25, 0.3) is 0 Å². The average molecular weight is 140 g/mol. The van der Waals surface area contributed by atoms with Crippen molar-refractivity contribution in [2.75, 3.05) is 0 Å². The summed E-state index contributed by atoms with van der Waals surface area (Å²) in [6.07, 6.45) is 6.07. The monoisotopic (exact) mass is 140 g/mol. The van der Waals surface area contributed by atoms with Gasteiger partial charge in [0.25, 0.3) is 0 Å². The van der Waals surface area contributed by atoms with E-state index in [2.05, 4.69) is 0 Å². The fraction of sp³-hybridized carbons (Fsp3) is 0.429. The van der Waals surface area contributed by atoms with E-state index in [1.165, 1.54) is 0 Å². The van der Waals surface area contributed by atoms with Gasteiger partial charge in [-0.2, -0.15) is 0 Å². The van der Waals surface area contributed by atoms with Crippen molar-refractivity contribution in [3.63, 3.8) is 0 Å². The van der Waals surface area contributed by atoms with E-state index in [0.717, 1.165) is 6.42 Å². The van der Waals surface area contributed by atoms with E-state index in [1.54, 1.807) is 18.2 Å². The molecule has 0 aliphatic rings. The summed E-state index contributed by atoms with van der Waals surface area (Å²) in [6, 6.07) is 0. The topological polar surface area (TPSA) is 40.5 Å². The van der Waals surface area contributed by atoms with Crippen molar-refractivity contribution < 1.29 is 10.0 Å². The largest absolute Gasteiger partial charge is 0.488 e. The van der Waals surface area contributed by atoms with E-state index < -0.39 is 7.12 Å². The second kappa shape index (κ2) is 5.27. The molecule has 0 aromatic heterocycles. The minimum atomic E-state index is -1.34. The zero-order valence-corrected chi connectivity index (χ0v) is 6.41. The molecule has 0 aliphatic heterocycles. The van der Waals surface area contributed by atoms with Crippen LogP contribution in [0.1, 0.15) is 20.3 Å². The minimum Gasteiger partial charge on any atom is -0.423 e. The van der Waals surface area contributed by atoms with E-state index >= 15 is 0 Å². The summed E-state index contributed by atoms with van der Waals surface area (Å²) in [5, 5.41) is 17.4. The van der Waals surface area contributed by atoms with E-state index in [9.17, 15) is 0 Å². The van der Waals surface area contributed by atoms with E-state index in [0.29, 0.717) is 5.47 Å². The molecule has 10 heavy (non-hydrogen) atoms. The SMILES string of the molecule is C/C=C\C(=C/CC)B(O)O. The van der Waals surface area contributed by atoms with Crippen molar-refractivity contribution >= 4 is 7.12 Å². The predicted octanol–water partition coefficient (Wildman–Crippen LogP) is 0.911. The number of allylic oxidation sites excluding steroid dienone is 4. The summed E-state index contributed by atoms with van der Waals surface area (Å²) in [5.74, 6) is 0. The molecule has 0 saturated heterocycles. The second-order valence-electron chi connectivity index (χ2n) is 1.99. The fourth-order valence-electron chi connectivity index (χ4n) is 0.688. The lowest BCUT2D eigenvalue weighted by molar-refractivity contribution is 0.420. The summed E-state index contributed by atoms with van der Waals surface area (Å²) in [5.41, 5.74) is 0.560. The Hall–Kier alpha value is -0.535. The first-order chi connectivity index (χ1) is 4.72. The van der Waals surface area contributed by atoms with E-state index in [-0.39, 0.29) is 0 Å². The first-order valence-corrected chi connectivity index (χ1v) is 3.41. The molecule has 0 aromatic rings. The van der Waals surface area contributed by atoms with Gasteiger partial charge < -0.3 is 10.0 Å². The van der Waals surface area contributed by atoms with Crippen LogP contribution in [0.3, 0.4) is 0 Å². The smallest absolute Gasteiger partial charge is 0.423 e. The van der Waals surface area contributed by atoms with Gasteiger partial charge in [-0.1, -0.05) is 25.2 Å². The lowest BCUT2D eigenvalue weighted by Crippen LogP contribution is -2.13. The van der Waals surface area contributed by atoms with Crippen LogP contribution in [0.4, 0.5) is 0 Å². The summed E-state index contributed by atoms with van der Waals surface area (Å²) < 4.78 is 0. The summed E-state index contributed by atoms with van der Waals surface area (Å²) in [7, 11) is -1.34. The van der Waals surface area contributed by atoms with Crippen LogP contribution in [-0.2, 0) is 0 Å². The molecule has 0 heterocycles. The first-order valence-electron chi connectivity index (χ1n) is 3.41. The number of hydrogen-bond acceptors (Lipinski definition) is 2. The maximum atomic E-state index is 8.71. The van der Waals surface area contributed by atoms with Crippen LogP contribution in [0.15, 0.2) is 23.7 Å². The highest BCUT2D eigenvalue weighted by Gasteiger charge is 2.09. The third-order valence-electron chi connectivity index (χ3n) is 1.10. The third-order valence-corrected chi connectivity index (χ3v) is 1.10. The van der Waals surface area contributed by atoms with Gasteiger partial charge in [-0.25, -0.2) is 0 Å². The molecular weight excluding hydrogens is 127 g/mol.